The Labute approximate surface area is 94.7 Å². The summed E-state index contributed by atoms with van der Waals surface area (Å²) < 4.78 is 11.3. The lowest BCUT2D eigenvalue weighted by molar-refractivity contribution is -0.129. The molecule has 0 saturated heterocycles. The van der Waals surface area contributed by atoms with Crippen LogP contribution in [0.15, 0.2) is 0 Å². The Balaban J connectivity index is 2.47. The molecule has 1 aliphatic carbocycles. The quantitative estimate of drug-likeness (QED) is 0.693. The van der Waals surface area contributed by atoms with E-state index in [2.05, 4.69) is 13.8 Å². The minimum atomic E-state index is -0.972. The zero-order valence-corrected chi connectivity index (χ0v) is 10.7. The van der Waals surface area contributed by atoms with Crippen LogP contribution >= 0.6 is 0 Å². The third-order valence-corrected chi connectivity index (χ3v) is 3.69. The molecule has 0 radical (unpaired) electrons. The SMILES string of the molecule is CC[S@@](=O)CC(=O)N(CC(C)C)C1CC1. The summed E-state index contributed by atoms with van der Waals surface area (Å²) in [5.41, 5.74) is 0. The van der Waals surface area contributed by atoms with Gasteiger partial charge in [-0.1, -0.05) is 20.8 Å². The highest BCUT2D eigenvalue weighted by atomic mass is 32.2. The van der Waals surface area contributed by atoms with E-state index in [1.165, 1.54) is 0 Å². The normalized spacial score (nSPS) is 17.9. The van der Waals surface area contributed by atoms with Crippen molar-refractivity contribution in [2.24, 2.45) is 5.92 Å². The van der Waals surface area contributed by atoms with Crippen LogP contribution in [0.3, 0.4) is 0 Å². The number of carbonyl (C=O) groups excluding carboxylic acids is 1. The lowest BCUT2D eigenvalue weighted by Gasteiger charge is -2.24. The summed E-state index contributed by atoms with van der Waals surface area (Å²) in [6.07, 6.45) is 2.24. The van der Waals surface area contributed by atoms with Gasteiger partial charge in [0.2, 0.25) is 5.91 Å². The van der Waals surface area contributed by atoms with Crippen molar-refractivity contribution in [3.05, 3.63) is 0 Å². The van der Waals surface area contributed by atoms with Crippen molar-refractivity contribution < 1.29 is 9.00 Å². The maximum atomic E-state index is 11.9. The van der Waals surface area contributed by atoms with Crippen molar-refractivity contribution in [3.8, 4) is 0 Å². The molecule has 0 bridgehead atoms. The van der Waals surface area contributed by atoms with Gasteiger partial charge < -0.3 is 4.90 Å². The first-order valence-electron chi connectivity index (χ1n) is 5.69. The number of amides is 1. The second-order valence-electron chi connectivity index (χ2n) is 4.54. The van der Waals surface area contributed by atoms with Crippen LogP contribution < -0.4 is 0 Å². The maximum Gasteiger partial charge on any atom is 0.235 e. The summed E-state index contributed by atoms with van der Waals surface area (Å²) in [6, 6.07) is 0.439. The molecule has 0 aromatic rings. The predicted molar refractivity (Wildman–Crippen MR) is 63.1 cm³/mol. The molecule has 0 aromatic carbocycles. The van der Waals surface area contributed by atoms with Gasteiger partial charge in [-0.05, 0) is 18.8 Å². The average molecular weight is 231 g/mol. The number of rotatable bonds is 6. The molecule has 4 heteroatoms. The third-order valence-electron chi connectivity index (χ3n) is 2.48. The number of nitrogens with zero attached hydrogens (tertiary/aromatic N) is 1. The Morgan fingerprint density at radius 3 is 2.47 bits per heavy atom. The van der Waals surface area contributed by atoms with Crippen molar-refractivity contribution in [1.29, 1.82) is 0 Å². The predicted octanol–water partition coefficient (Wildman–Crippen LogP) is 1.40. The summed E-state index contributed by atoms with van der Waals surface area (Å²) in [5.74, 6) is 1.35. The minimum Gasteiger partial charge on any atom is -0.339 e. The molecule has 1 fully saturated rings. The molecule has 0 N–H and O–H groups in total. The Morgan fingerprint density at radius 2 is 2.07 bits per heavy atom. The van der Waals surface area contributed by atoms with Crippen LogP contribution in [-0.4, -0.2) is 39.1 Å². The van der Waals surface area contributed by atoms with E-state index in [4.69, 9.17) is 0 Å². The zero-order chi connectivity index (χ0) is 11.4. The van der Waals surface area contributed by atoms with Crippen molar-refractivity contribution >= 4 is 16.7 Å². The van der Waals surface area contributed by atoms with Crippen LogP contribution in [0.2, 0.25) is 0 Å². The Hall–Kier alpha value is -0.380. The van der Waals surface area contributed by atoms with Gasteiger partial charge in [-0.25, -0.2) is 0 Å². The van der Waals surface area contributed by atoms with Gasteiger partial charge in [0.05, 0.1) is 0 Å². The van der Waals surface area contributed by atoms with Crippen molar-refractivity contribution in [2.75, 3.05) is 18.1 Å². The Kier molecular flexibility index (Phi) is 4.77. The lowest BCUT2D eigenvalue weighted by Crippen LogP contribution is -2.39. The van der Waals surface area contributed by atoms with Crippen LogP contribution in [0.25, 0.3) is 0 Å². The smallest absolute Gasteiger partial charge is 0.235 e. The Bertz CT molecular complexity index is 249. The monoisotopic (exact) mass is 231 g/mol. The third kappa shape index (κ3) is 4.33. The fourth-order valence-corrected chi connectivity index (χ4v) is 2.20. The van der Waals surface area contributed by atoms with E-state index in [0.29, 0.717) is 17.7 Å². The fraction of sp³-hybridized carbons (Fsp3) is 0.909. The van der Waals surface area contributed by atoms with E-state index in [0.717, 1.165) is 19.4 Å². The van der Waals surface area contributed by atoms with Crippen LogP contribution in [-0.2, 0) is 15.6 Å². The molecule has 1 atom stereocenters. The fourth-order valence-electron chi connectivity index (χ4n) is 1.56. The summed E-state index contributed by atoms with van der Waals surface area (Å²) in [5, 5.41) is 0. The second kappa shape index (κ2) is 5.64. The van der Waals surface area contributed by atoms with Gasteiger partial charge >= 0.3 is 0 Å². The molecule has 88 valence electrons. The van der Waals surface area contributed by atoms with Gasteiger partial charge in [0.15, 0.2) is 0 Å². The second-order valence-corrected chi connectivity index (χ2v) is 6.29. The van der Waals surface area contributed by atoms with Gasteiger partial charge in [-0.3, -0.25) is 9.00 Å². The highest BCUT2D eigenvalue weighted by molar-refractivity contribution is 7.85. The first-order chi connectivity index (χ1) is 7.04. The van der Waals surface area contributed by atoms with Gasteiger partial charge in [-0.15, -0.1) is 0 Å². The van der Waals surface area contributed by atoms with Crippen molar-refractivity contribution in [2.45, 2.75) is 39.7 Å². The maximum absolute atomic E-state index is 11.9. The van der Waals surface area contributed by atoms with Gasteiger partial charge in [0.25, 0.3) is 0 Å². The molecule has 0 aliphatic heterocycles. The van der Waals surface area contributed by atoms with Crippen molar-refractivity contribution in [1.82, 2.24) is 4.90 Å². The molecular weight excluding hydrogens is 210 g/mol. The molecule has 3 nitrogen and oxygen atoms in total. The van der Waals surface area contributed by atoms with Gasteiger partial charge in [-0.2, -0.15) is 0 Å². The molecule has 15 heavy (non-hydrogen) atoms. The highest BCUT2D eigenvalue weighted by Gasteiger charge is 2.32. The Morgan fingerprint density at radius 1 is 1.47 bits per heavy atom. The van der Waals surface area contributed by atoms with Crippen LogP contribution in [0.4, 0.5) is 0 Å². The molecule has 1 aliphatic rings. The lowest BCUT2D eigenvalue weighted by atomic mass is 10.2. The molecule has 1 rings (SSSR count). The van der Waals surface area contributed by atoms with E-state index in [1.807, 2.05) is 11.8 Å². The standard InChI is InChI=1S/C11H21NO2S/c1-4-15(14)8-11(13)12(7-9(2)3)10-5-6-10/h9-10H,4-8H2,1-3H3/t15-/m1/s1. The number of hydrogen-bond acceptors (Lipinski definition) is 2. The topological polar surface area (TPSA) is 37.4 Å². The first-order valence-corrected chi connectivity index (χ1v) is 7.17. The molecule has 1 amide bonds. The largest absolute Gasteiger partial charge is 0.339 e. The van der Waals surface area contributed by atoms with E-state index >= 15 is 0 Å². The van der Waals surface area contributed by atoms with Gasteiger partial charge in [0.1, 0.15) is 5.75 Å². The molecule has 1 saturated carbocycles. The summed E-state index contributed by atoms with van der Waals surface area (Å²) in [4.78, 5) is 13.8. The average Bonchev–Trinajstić information content (AvgIpc) is 2.96. The van der Waals surface area contributed by atoms with E-state index in [9.17, 15) is 9.00 Å². The minimum absolute atomic E-state index is 0.0754. The van der Waals surface area contributed by atoms with E-state index in [-0.39, 0.29) is 11.7 Å². The summed E-state index contributed by atoms with van der Waals surface area (Å²) in [6.45, 7) is 6.89. The highest BCUT2D eigenvalue weighted by Crippen LogP contribution is 2.27. The number of carbonyl (C=O) groups is 1. The van der Waals surface area contributed by atoms with Crippen LogP contribution in [0.1, 0.15) is 33.6 Å². The zero-order valence-electron chi connectivity index (χ0n) is 9.86. The summed E-state index contributed by atoms with van der Waals surface area (Å²) >= 11 is 0. The molecular formula is C11H21NO2S. The molecule has 0 spiro atoms. The van der Waals surface area contributed by atoms with Crippen LogP contribution in [0.5, 0.6) is 0 Å². The molecule has 0 heterocycles. The van der Waals surface area contributed by atoms with E-state index < -0.39 is 10.8 Å². The van der Waals surface area contributed by atoms with E-state index in [1.54, 1.807) is 0 Å². The summed E-state index contributed by atoms with van der Waals surface area (Å²) in [7, 11) is -0.972. The molecule has 0 unspecified atom stereocenters. The number of hydrogen-bond donors (Lipinski definition) is 0. The molecule has 0 aromatic heterocycles. The van der Waals surface area contributed by atoms with Gasteiger partial charge in [0, 0.05) is 29.1 Å². The van der Waals surface area contributed by atoms with Crippen LogP contribution in [0, 0.1) is 5.92 Å². The first kappa shape index (κ1) is 12.7. The van der Waals surface area contributed by atoms with Crippen molar-refractivity contribution in [3.63, 3.8) is 0 Å².